The molecule has 470 valence electrons. The maximum absolute atomic E-state index is 14.8. The number of carboxylic acids is 1. The Kier molecular flexibility index (Phi) is 20.1. The molecule has 0 radical (unpaired) electrons. The highest BCUT2D eigenvalue weighted by Gasteiger charge is 2.36. The van der Waals surface area contributed by atoms with Gasteiger partial charge < -0.3 is 47.4 Å². The van der Waals surface area contributed by atoms with Gasteiger partial charge in [0.25, 0.3) is 17.7 Å². The molecule has 0 saturated carbocycles. The zero-order valence-electron chi connectivity index (χ0n) is 48.3. The summed E-state index contributed by atoms with van der Waals surface area (Å²) in [6.45, 7) is 9.17. The monoisotopic (exact) mass is 1350 g/mol. The van der Waals surface area contributed by atoms with Crippen molar-refractivity contribution in [2.24, 2.45) is 11.7 Å². The van der Waals surface area contributed by atoms with Crippen LogP contribution in [0.1, 0.15) is 123 Å². The number of aromatic hydroxyl groups is 1. The number of primary amides is 1. The van der Waals surface area contributed by atoms with Gasteiger partial charge in [-0.2, -0.15) is 0 Å². The number of ketones is 3. The molecule has 31 heteroatoms. The number of phenols is 1. The highest BCUT2D eigenvalue weighted by Crippen LogP contribution is 2.41. The third-order valence-corrected chi connectivity index (χ3v) is 20.0. The second-order valence-electron chi connectivity index (χ2n) is 20.8. The molecule has 10 rings (SSSR count). The van der Waals surface area contributed by atoms with Crippen molar-refractivity contribution in [1.29, 1.82) is 0 Å². The van der Waals surface area contributed by atoms with Crippen LogP contribution in [0.2, 0.25) is 0 Å². The Hall–Kier alpha value is -9.60. The van der Waals surface area contributed by atoms with Crippen molar-refractivity contribution >= 4 is 121 Å². The van der Waals surface area contributed by atoms with Crippen LogP contribution in [0.25, 0.3) is 43.4 Å². The number of fused-ring (bicyclic) bond motifs is 14. The number of allylic oxidation sites excluding steroid dienone is 1. The number of phenolic OH excluding ortho intramolecular Hbond substituents is 1. The van der Waals surface area contributed by atoms with Crippen LogP contribution in [0.3, 0.4) is 0 Å². The minimum atomic E-state index is -1.39. The number of aryl methyl sites for hydroxylation is 1. The quantitative estimate of drug-likeness (QED) is 0.0423. The average Bonchev–Trinajstić information content (AvgIpc) is 1.61. The number of carbonyl (C=O) groups excluding carboxylic acids is 8. The van der Waals surface area contributed by atoms with Crippen molar-refractivity contribution in [3.63, 3.8) is 0 Å². The summed E-state index contributed by atoms with van der Waals surface area (Å²) < 4.78 is 0. The molecule has 1 aliphatic rings. The lowest BCUT2D eigenvalue weighted by atomic mass is 9.90. The van der Waals surface area contributed by atoms with E-state index >= 15 is 0 Å². The van der Waals surface area contributed by atoms with Gasteiger partial charge in [-0.3, -0.25) is 38.4 Å². The van der Waals surface area contributed by atoms with E-state index in [1.165, 1.54) is 35.2 Å². The summed E-state index contributed by atoms with van der Waals surface area (Å²) in [4.78, 5) is 155. The van der Waals surface area contributed by atoms with Gasteiger partial charge in [0.2, 0.25) is 11.8 Å². The molecule has 25 nitrogen and oxygen atoms in total. The summed E-state index contributed by atoms with van der Waals surface area (Å²) in [6.07, 6.45) is -2.90. The van der Waals surface area contributed by atoms with Crippen molar-refractivity contribution < 1.29 is 63.6 Å². The largest absolute Gasteiger partial charge is 0.508 e. The predicted molar refractivity (Wildman–Crippen MR) is 343 cm³/mol. The number of aliphatic hydroxyl groups excluding tert-OH is 2. The molecule has 8 heterocycles. The fourth-order valence-electron chi connectivity index (χ4n) is 9.45. The molecule has 0 spiro atoms. The highest BCUT2D eigenvalue weighted by atomic mass is 32.1. The number of pyridine rings is 1. The summed E-state index contributed by atoms with van der Waals surface area (Å²) in [7, 11) is 0. The van der Waals surface area contributed by atoms with Crippen molar-refractivity contribution in [3.05, 3.63) is 172 Å². The third kappa shape index (κ3) is 14.9. The number of nitrogens with zero attached hydrogens (tertiary/aromatic N) is 7. The van der Waals surface area contributed by atoms with E-state index in [-0.39, 0.29) is 82.8 Å². The van der Waals surface area contributed by atoms with Gasteiger partial charge >= 0.3 is 5.97 Å². The number of aromatic nitrogens is 7. The second-order valence-corrected chi connectivity index (χ2v) is 26.4. The first-order valence-electron chi connectivity index (χ1n) is 27.6. The normalized spacial score (nSPS) is 16.9. The van der Waals surface area contributed by atoms with Gasteiger partial charge in [-0.15, -0.1) is 68.0 Å². The SMILES string of the molecule is C=C(CC(=O)C(=C)NC(=O)c1csc(-c2ccc3c(n2)-c2csc(n2)-c2csc(n2)C(C(C)C(=O)CO)NC(=O)C(Cc2ccc(O)cc2)NC(=O)c2csc(n2)C(C(O)c2ccccc2)CC(=O)c2nc(sc2C)C(CC(N)=O)NC(=O)c2csc-3n2)n1)C(=O)O. The number of aliphatic carboxylic acids is 1. The van der Waals surface area contributed by atoms with Crippen LogP contribution in [-0.4, -0.2) is 121 Å². The van der Waals surface area contributed by atoms with Crippen molar-refractivity contribution in [1.82, 2.24) is 56.2 Å². The Morgan fingerprint density at radius 3 is 2.04 bits per heavy atom. The van der Waals surface area contributed by atoms with E-state index in [1.54, 1.807) is 72.3 Å². The Balaban J connectivity index is 1.06. The first kappa shape index (κ1) is 65.4. The number of carbonyl (C=O) groups is 9. The van der Waals surface area contributed by atoms with Crippen molar-refractivity contribution in [3.8, 4) is 49.1 Å². The minimum absolute atomic E-state index is 0.0242. The van der Waals surface area contributed by atoms with Crippen LogP contribution in [0.15, 0.2) is 118 Å². The lowest BCUT2D eigenvalue weighted by molar-refractivity contribution is -0.133. The van der Waals surface area contributed by atoms with Gasteiger partial charge in [-0.25, -0.2) is 39.7 Å². The van der Waals surface area contributed by atoms with E-state index in [4.69, 9.17) is 25.7 Å². The maximum atomic E-state index is 14.8. The first-order chi connectivity index (χ1) is 44.0. The number of nitrogens with two attached hydrogens (primary N) is 1. The van der Waals surface area contributed by atoms with E-state index in [0.29, 0.717) is 32.3 Å². The topological polar surface area (TPSA) is 399 Å². The summed E-state index contributed by atoms with van der Waals surface area (Å²) >= 11 is 6.37. The fourth-order valence-corrected chi connectivity index (χ4v) is 14.8. The average molecular weight is 1350 g/mol. The maximum Gasteiger partial charge on any atom is 0.331 e. The molecule has 10 bridgehead atoms. The Labute approximate surface area is 546 Å². The number of benzene rings is 2. The fraction of sp³-hybridized carbons (Fsp3) is 0.213. The van der Waals surface area contributed by atoms with Gasteiger partial charge in [0.05, 0.1) is 41.0 Å². The second kappa shape index (κ2) is 28.3. The van der Waals surface area contributed by atoms with Crippen LogP contribution in [0, 0.1) is 12.8 Å². The summed E-state index contributed by atoms with van der Waals surface area (Å²) in [5.74, 6) is -9.51. The Bertz CT molecular complexity index is 4400. The molecule has 10 N–H and O–H groups in total. The molecule has 0 aliphatic carbocycles. The van der Waals surface area contributed by atoms with Gasteiger partial charge in [0.1, 0.15) is 83.3 Å². The van der Waals surface area contributed by atoms with Gasteiger partial charge in [0.15, 0.2) is 17.3 Å². The molecule has 9 aromatic rings. The lowest BCUT2D eigenvalue weighted by Gasteiger charge is -2.25. The number of rotatable bonds is 16. The number of Topliss-reactive ketones (excluding diaryl/α,β-unsaturated/α-hetero) is 3. The van der Waals surface area contributed by atoms with Crippen LogP contribution >= 0.6 is 68.0 Å². The van der Waals surface area contributed by atoms with Crippen LogP contribution in [0.4, 0.5) is 0 Å². The number of hydrogen-bond acceptors (Lipinski definition) is 25. The van der Waals surface area contributed by atoms with Gasteiger partial charge in [-0.05, 0) is 42.3 Å². The number of carboxylic acid groups (broad SMARTS) is 1. The van der Waals surface area contributed by atoms with E-state index in [9.17, 15) is 63.6 Å². The molecule has 2 aromatic carbocycles. The molecule has 0 fully saturated rings. The standard InChI is InChI=1S/C61H52N12O13S6/c1-26(61(85)86)16-43(76)28(3)63-52(82)39-24-90-57(70-39)35-15-14-33-49(64-35)38-21-89-58(67-38)42-25-91-60(71-42)47(27(2)45(78)20-74)72-51(81)36(17-30-10-12-32(75)13-11-30)65-53(83)40-23-88-56(69-40)34(50(80)31-8-6-5-7-9-31)18-44(77)48-29(4)92-59(73-48)37(19-46(62)79)66-54(84)41-22-87-55(33)68-41/h5-15,21-25,27,34,36-37,47,50,74-75,80H,1,3,16-20H2,2,4H3,(H2,62,79)(H,63,82)(H,65,83)(H,66,84)(H,72,81)(H,85,86). The summed E-state index contributed by atoms with van der Waals surface area (Å²) in [5, 5.41) is 61.4. The van der Waals surface area contributed by atoms with Crippen LogP contribution in [0.5, 0.6) is 5.75 Å². The number of hydrogen-bond donors (Lipinski definition) is 9. The molecule has 92 heavy (non-hydrogen) atoms. The number of amides is 5. The van der Waals surface area contributed by atoms with E-state index in [1.807, 2.05) is 0 Å². The van der Waals surface area contributed by atoms with Gasteiger partial charge in [0, 0.05) is 74.0 Å². The molecular formula is C61H52N12O13S6. The summed E-state index contributed by atoms with van der Waals surface area (Å²) in [6, 6.07) is 14.0. The van der Waals surface area contributed by atoms with Crippen molar-refractivity contribution in [2.45, 2.75) is 69.7 Å². The number of aliphatic hydroxyl groups is 2. The zero-order chi connectivity index (χ0) is 65.7. The van der Waals surface area contributed by atoms with E-state index in [0.717, 1.165) is 68.0 Å². The Morgan fingerprint density at radius 2 is 1.33 bits per heavy atom. The molecule has 0 saturated heterocycles. The van der Waals surface area contributed by atoms with Crippen LogP contribution < -0.4 is 27.0 Å². The lowest BCUT2D eigenvalue weighted by Crippen LogP contribution is -2.50. The molecule has 7 aromatic heterocycles. The molecule has 1 aliphatic heterocycles. The van der Waals surface area contributed by atoms with E-state index in [2.05, 4.69) is 49.4 Å². The number of nitrogens with one attached hydrogen (secondary N) is 4. The van der Waals surface area contributed by atoms with Crippen LogP contribution in [-0.2, 0) is 30.4 Å². The highest BCUT2D eigenvalue weighted by molar-refractivity contribution is 7.15. The van der Waals surface area contributed by atoms with E-state index < -0.39 is 120 Å². The third-order valence-electron chi connectivity index (χ3n) is 14.4. The zero-order valence-corrected chi connectivity index (χ0v) is 53.2. The Morgan fingerprint density at radius 1 is 0.696 bits per heavy atom. The molecule has 6 unspecified atom stereocenters. The molecular weight excluding hydrogens is 1300 g/mol. The predicted octanol–water partition coefficient (Wildman–Crippen LogP) is 7.49. The molecule has 6 atom stereocenters. The summed E-state index contributed by atoms with van der Waals surface area (Å²) in [5.41, 5.74) is 6.92. The van der Waals surface area contributed by atoms with Crippen molar-refractivity contribution in [2.75, 3.05) is 6.61 Å². The molecule has 5 amide bonds. The smallest absolute Gasteiger partial charge is 0.331 e. The first-order valence-corrected chi connectivity index (χ1v) is 32.8. The number of thiazole rings is 6. The minimum Gasteiger partial charge on any atom is -0.508 e. The van der Waals surface area contributed by atoms with Gasteiger partial charge in [-0.1, -0.05) is 62.5 Å².